The van der Waals surface area contributed by atoms with Crippen LogP contribution in [0.1, 0.15) is 49.2 Å². The smallest absolute Gasteiger partial charge is 0.338 e. The van der Waals surface area contributed by atoms with Gasteiger partial charge in [0.25, 0.3) is 5.91 Å². The number of carbonyl (C=O) groups excluding carboxylic acids is 2. The summed E-state index contributed by atoms with van der Waals surface area (Å²) in [4.78, 5) is 32.7. The molecule has 4 rings (SSSR count). The summed E-state index contributed by atoms with van der Waals surface area (Å²) in [6.45, 7) is 6.95. The number of ether oxygens (including phenoxy) is 1. The summed E-state index contributed by atoms with van der Waals surface area (Å²) in [6.07, 6.45) is 0.981. The second-order valence-corrected chi connectivity index (χ2v) is 9.83. The first-order chi connectivity index (χ1) is 16.3. The van der Waals surface area contributed by atoms with Gasteiger partial charge >= 0.3 is 5.97 Å². The standard InChI is InChI=1S/C26H28FN3O3S/c1-16(2)15-33-25(32)22-17(3)28-26-30(12-5-13-34-26)23(22)19-6-4-7-21(14-19)29-24(31)18-8-10-20(27)11-9-18/h4,6-11,14,16,23H,5,12-13,15H2,1-3H3,(H,29,31). The molecule has 2 aromatic carbocycles. The number of hydrogen-bond acceptors (Lipinski definition) is 6. The Kier molecular flexibility index (Phi) is 7.36. The topological polar surface area (TPSA) is 71.0 Å². The molecule has 0 aromatic heterocycles. The number of thioether (sulfide) groups is 1. The molecule has 8 heteroatoms. The fraction of sp³-hybridized carbons (Fsp3) is 0.346. The number of hydrogen-bond donors (Lipinski definition) is 1. The van der Waals surface area contributed by atoms with Gasteiger partial charge in [-0.1, -0.05) is 37.7 Å². The number of amides is 1. The van der Waals surface area contributed by atoms with Crippen molar-refractivity contribution in [1.82, 2.24) is 4.90 Å². The van der Waals surface area contributed by atoms with E-state index in [1.807, 2.05) is 39.0 Å². The predicted octanol–water partition coefficient (Wildman–Crippen LogP) is 5.40. The number of nitrogens with one attached hydrogen (secondary N) is 1. The molecule has 178 valence electrons. The van der Waals surface area contributed by atoms with Crippen molar-refractivity contribution in [3.05, 3.63) is 76.7 Å². The van der Waals surface area contributed by atoms with Crippen LogP contribution in [0.25, 0.3) is 0 Å². The predicted molar refractivity (Wildman–Crippen MR) is 133 cm³/mol. The molecule has 0 spiro atoms. The summed E-state index contributed by atoms with van der Waals surface area (Å²) < 4.78 is 18.8. The van der Waals surface area contributed by atoms with Crippen LogP contribution in [-0.4, -0.2) is 40.8 Å². The van der Waals surface area contributed by atoms with E-state index in [1.54, 1.807) is 17.8 Å². The SMILES string of the molecule is CC1=C(C(=O)OCC(C)C)C(c2cccc(NC(=O)c3ccc(F)cc3)c2)N2CCCSC2=N1. The van der Waals surface area contributed by atoms with Crippen molar-refractivity contribution in [2.45, 2.75) is 33.2 Å². The van der Waals surface area contributed by atoms with Gasteiger partial charge in [0.05, 0.1) is 23.9 Å². The molecule has 2 aliphatic rings. The van der Waals surface area contributed by atoms with E-state index in [2.05, 4.69) is 10.2 Å². The number of rotatable bonds is 6. The molecule has 1 saturated heterocycles. The molecule has 0 radical (unpaired) electrons. The van der Waals surface area contributed by atoms with Gasteiger partial charge in [0, 0.05) is 23.5 Å². The quantitative estimate of drug-likeness (QED) is 0.560. The molecule has 2 heterocycles. The monoisotopic (exact) mass is 481 g/mol. The van der Waals surface area contributed by atoms with Crippen molar-refractivity contribution in [2.24, 2.45) is 10.9 Å². The number of esters is 1. The van der Waals surface area contributed by atoms with Crippen LogP contribution in [0.4, 0.5) is 10.1 Å². The zero-order valence-electron chi connectivity index (χ0n) is 19.5. The Balaban J connectivity index is 1.66. The Labute approximate surface area is 203 Å². The second-order valence-electron chi connectivity index (χ2n) is 8.77. The van der Waals surface area contributed by atoms with Crippen molar-refractivity contribution >= 4 is 34.5 Å². The van der Waals surface area contributed by atoms with Gasteiger partial charge in [-0.3, -0.25) is 4.79 Å². The molecule has 1 amide bonds. The highest BCUT2D eigenvalue weighted by molar-refractivity contribution is 8.13. The zero-order chi connectivity index (χ0) is 24.2. The third-order valence-corrected chi connectivity index (χ3v) is 6.67. The van der Waals surface area contributed by atoms with E-state index in [9.17, 15) is 14.0 Å². The number of benzene rings is 2. The van der Waals surface area contributed by atoms with Crippen LogP contribution in [-0.2, 0) is 9.53 Å². The van der Waals surface area contributed by atoms with E-state index in [0.29, 0.717) is 29.1 Å². The van der Waals surface area contributed by atoms with Gasteiger partial charge < -0.3 is 15.0 Å². The molecule has 6 nitrogen and oxygen atoms in total. The molecule has 0 bridgehead atoms. The van der Waals surface area contributed by atoms with Gasteiger partial charge in [-0.2, -0.15) is 0 Å². The number of fused-ring (bicyclic) bond motifs is 1. The molecular formula is C26H28FN3O3S. The summed E-state index contributed by atoms with van der Waals surface area (Å²) in [5.41, 5.74) is 2.99. The van der Waals surface area contributed by atoms with Gasteiger partial charge in [-0.15, -0.1) is 0 Å². The summed E-state index contributed by atoms with van der Waals surface area (Å²) in [5.74, 6) is 0.111. The first kappa shape index (κ1) is 24.0. The van der Waals surface area contributed by atoms with E-state index in [1.165, 1.54) is 24.3 Å². The minimum Gasteiger partial charge on any atom is -0.462 e. The minimum absolute atomic E-state index is 0.224. The summed E-state index contributed by atoms with van der Waals surface area (Å²) >= 11 is 1.68. The summed E-state index contributed by atoms with van der Waals surface area (Å²) in [7, 11) is 0. The van der Waals surface area contributed by atoms with Gasteiger partial charge in [0.1, 0.15) is 5.82 Å². The van der Waals surface area contributed by atoms with Crippen LogP contribution in [0.5, 0.6) is 0 Å². The largest absolute Gasteiger partial charge is 0.462 e. The molecule has 1 fully saturated rings. The third kappa shape index (κ3) is 5.33. The number of halogens is 1. The van der Waals surface area contributed by atoms with Crippen LogP contribution in [0.15, 0.2) is 64.8 Å². The average molecular weight is 482 g/mol. The van der Waals surface area contributed by atoms with Crippen molar-refractivity contribution in [2.75, 3.05) is 24.2 Å². The fourth-order valence-corrected chi connectivity index (χ4v) is 5.01. The van der Waals surface area contributed by atoms with Crippen LogP contribution in [0, 0.1) is 11.7 Å². The van der Waals surface area contributed by atoms with Crippen LogP contribution >= 0.6 is 11.8 Å². The Morgan fingerprint density at radius 1 is 1.24 bits per heavy atom. The highest BCUT2D eigenvalue weighted by Gasteiger charge is 2.38. The van der Waals surface area contributed by atoms with Gasteiger partial charge in [0.15, 0.2) is 5.17 Å². The van der Waals surface area contributed by atoms with Gasteiger partial charge in [0.2, 0.25) is 0 Å². The van der Waals surface area contributed by atoms with Crippen molar-refractivity contribution in [3.63, 3.8) is 0 Å². The van der Waals surface area contributed by atoms with E-state index in [4.69, 9.17) is 9.73 Å². The molecule has 34 heavy (non-hydrogen) atoms. The molecule has 1 N–H and O–H groups in total. The molecule has 0 aliphatic carbocycles. The van der Waals surface area contributed by atoms with Crippen LogP contribution < -0.4 is 5.32 Å². The number of nitrogens with zero attached hydrogens (tertiary/aromatic N) is 2. The Morgan fingerprint density at radius 3 is 2.74 bits per heavy atom. The molecule has 0 saturated carbocycles. The molecule has 2 aromatic rings. The first-order valence-electron chi connectivity index (χ1n) is 11.4. The fourth-order valence-electron chi connectivity index (χ4n) is 3.99. The lowest BCUT2D eigenvalue weighted by molar-refractivity contribution is -0.140. The number of anilines is 1. The van der Waals surface area contributed by atoms with E-state index >= 15 is 0 Å². The number of amidine groups is 1. The molecule has 1 unspecified atom stereocenters. The second kappa shape index (κ2) is 10.4. The number of carbonyl (C=O) groups is 2. The van der Waals surface area contributed by atoms with E-state index < -0.39 is 5.82 Å². The molecule has 1 atom stereocenters. The maximum absolute atomic E-state index is 13.2. The Hall–Kier alpha value is -3.13. The number of aliphatic imine (C=N–C) groups is 1. The minimum atomic E-state index is -0.397. The lowest BCUT2D eigenvalue weighted by atomic mass is 9.94. The zero-order valence-corrected chi connectivity index (χ0v) is 20.3. The normalized spacial score (nSPS) is 17.9. The Morgan fingerprint density at radius 2 is 2.00 bits per heavy atom. The third-order valence-electron chi connectivity index (χ3n) is 5.59. The van der Waals surface area contributed by atoms with Crippen molar-refractivity contribution < 1.29 is 18.7 Å². The molecular weight excluding hydrogens is 453 g/mol. The summed E-state index contributed by atoms with van der Waals surface area (Å²) in [6, 6.07) is 12.5. The highest BCUT2D eigenvalue weighted by atomic mass is 32.2. The number of allylic oxidation sites excluding steroid dienone is 1. The van der Waals surface area contributed by atoms with Crippen LogP contribution in [0.2, 0.25) is 0 Å². The lowest BCUT2D eigenvalue weighted by Gasteiger charge is -2.40. The first-order valence-corrected chi connectivity index (χ1v) is 12.3. The van der Waals surface area contributed by atoms with E-state index in [0.717, 1.165) is 29.4 Å². The highest BCUT2D eigenvalue weighted by Crippen LogP contribution is 2.40. The Bertz CT molecular complexity index is 1140. The summed E-state index contributed by atoms with van der Waals surface area (Å²) in [5, 5.41) is 3.78. The molecule has 2 aliphatic heterocycles. The van der Waals surface area contributed by atoms with Crippen molar-refractivity contribution in [3.8, 4) is 0 Å². The van der Waals surface area contributed by atoms with Gasteiger partial charge in [-0.05, 0) is 61.2 Å². The van der Waals surface area contributed by atoms with Crippen molar-refractivity contribution in [1.29, 1.82) is 0 Å². The van der Waals surface area contributed by atoms with E-state index in [-0.39, 0.29) is 23.8 Å². The average Bonchev–Trinajstić information content (AvgIpc) is 2.82. The van der Waals surface area contributed by atoms with Gasteiger partial charge in [-0.25, -0.2) is 14.2 Å². The van der Waals surface area contributed by atoms with Crippen LogP contribution in [0.3, 0.4) is 0 Å². The lowest BCUT2D eigenvalue weighted by Crippen LogP contribution is -2.42. The maximum atomic E-state index is 13.2. The maximum Gasteiger partial charge on any atom is 0.338 e.